The maximum atomic E-state index is 14.8. The highest BCUT2D eigenvalue weighted by Crippen LogP contribution is 2.42. The number of carbonyl (C=O) groups is 1. The monoisotopic (exact) mass is 347 g/mol. The van der Waals surface area contributed by atoms with Crippen LogP contribution in [-0.4, -0.2) is 41.2 Å². The Morgan fingerprint density at radius 2 is 2.24 bits per heavy atom. The van der Waals surface area contributed by atoms with Crippen LogP contribution in [0, 0.1) is 5.82 Å². The van der Waals surface area contributed by atoms with E-state index < -0.39 is 17.3 Å². The van der Waals surface area contributed by atoms with Gasteiger partial charge in [-0.2, -0.15) is 0 Å². The van der Waals surface area contributed by atoms with E-state index in [-0.39, 0.29) is 29.9 Å². The minimum absolute atomic E-state index is 0.0404. The molecule has 132 valence electrons. The number of aromatic nitrogens is 1. The lowest BCUT2D eigenvalue weighted by atomic mass is 9.96. The molecule has 0 spiro atoms. The first kappa shape index (κ1) is 15.9. The van der Waals surface area contributed by atoms with Gasteiger partial charge >= 0.3 is 5.97 Å². The highest BCUT2D eigenvalue weighted by molar-refractivity contribution is 5.90. The molecule has 0 aromatic carbocycles. The molecule has 0 amide bonds. The van der Waals surface area contributed by atoms with Gasteiger partial charge in [-0.05, 0) is 18.1 Å². The number of carboxylic acid groups (broad SMARTS) is 1. The lowest BCUT2D eigenvalue weighted by molar-refractivity contribution is 0.0694. The number of halogens is 1. The van der Waals surface area contributed by atoms with Gasteiger partial charge in [-0.3, -0.25) is 9.20 Å². The number of nitrogens with two attached hydrogens (primary N) is 1. The zero-order valence-corrected chi connectivity index (χ0v) is 13.7. The number of pyridine rings is 2. The summed E-state index contributed by atoms with van der Waals surface area (Å²) in [5, 5.41) is 9.28. The summed E-state index contributed by atoms with van der Waals surface area (Å²) in [5.41, 5.74) is 6.19. The van der Waals surface area contributed by atoms with Gasteiger partial charge in [0, 0.05) is 25.0 Å². The number of hydrogen-bond acceptors (Lipinski definition) is 5. The zero-order chi connectivity index (χ0) is 17.9. The molecular formula is C17H18FN3O4. The first-order valence-electron chi connectivity index (χ1n) is 8.17. The van der Waals surface area contributed by atoms with Crippen molar-refractivity contribution < 1.29 is 19.0 Å². The highest BCUT2D eigenvalue weighted by atomic mass is 19.1. The summed E-state index contributed by atoms with van der Waals surface area (Å²) in [6.07, 6.45) is 1.80. The van der Waals surface area contributed by atoms with E-state index in [1.807, 2.05) is 11.8 Å². The number of nitrogens with zero attached hydrogens (tertiary/aromatic N) is 2. The summed E-state index contributed by atoms with van der Waals surface area (Å²) in [6, 6.07) is 1.34. The fourth-order valence-corrected chi connectivity index (χ4v) is 3.66. The van der Waals surface area contributed by atoms with E-state index in [1.165, 1.54) is 6.07 Å². The Labute approximate surface area is 142 Å². The van der Waals surface area contributed by atoms with E-state index in [4.69, 9.17) is 10.5 Å². The molecule has 1 fully saturated rings. The average molecular weight is 347 g/mol. The van der Waals surface area contributed by atoms with Crippen molar-refractivity contribution in [3.63, 3.8) is 0 Å². The third kappa shape index (κ3) is 2.28. The molecular weight excluding hydrogens is 329 g/mol. The maximum Gasteiger partial charge on any atom is 0.341 e. The first-order valence-corrected chi connectivity index (χ1v) is 8.17. The van der Waals surface area contributed by atoms with Crippen LogP contribution < -0.4 is 20.9 Å². The SMILES string of the molecule is C[C@@H]1COc2c(N3CCC(N)C3)c(F)cn3c(=O)c(C(=O)O)cc1c23. The molecule has 8 heteroatoms. The lowest BCUT2D eigenvalue weighted by Gasteiger charge is -2.29. The van der Waals surface area contributed by atoms with E-state index in [2.05, 4.69) is 0 Å². The number of carboxylic acids is 1. The Morgan fingerprint density at radius 3 is 2.88 bits per heavy atom. The van der Waals surface area contributed by atoms with Crippen molar-refractivity contribution in [2.24, 2.45) is 5.73 Å². The Hall–Kier alpha value is -2.61. The number of rotatable bonds is 2. The Bertz CT molecular complexity index is 955. The molecule has 1 saturated heterocycles. The van der Waals surface area contributed by atoms with Gasteiger partial charge in [0.05, 0.1) is 18.3 Å². The summed E-state index contributed by atoms with van der Waals surface area (Å²) in [7, 11) is 0. The van der Waals surface area contributed by atoms with Crippen molar-refractivity contribution >= 4 is 17.2 Å². The van der Waals surface area contributed by atoms with Gasteiger partial charge in [-0.1, -0.05) is 6.92 Å². The van der Waals surface area contributed by atoms with Crippen LogP contribution in [0.15, 0.2) is 17.1 Å². The average Bonchev–Trinajstić information content (AvgIpc) is 2.98. The second kappa shape index (κ2) is 5.45. The largest absolute Gasteiger partial charge is 0.488 e. The lowest BCUT2D eigenvalue weighted by Crippen LogP contribution is -2.31. The summed E-state index contributed by atoms with van der Waals surface area (Å²) in [5.74, 6) is -1.77. The minimum atomic E-state index is -1.33. The number of ether oxygens (including phenoxy) is 1. The number of anilines is 1. The van der Waals surface area contributed by atoms with E-state index in [9.17, 15) is 19.1 Å². The predicted octanol–water partition coefficient (Wildman–Crippen LogP) is 1.17. The Kier molecular flexibility index (Phi) is 3.47. The normalized spacial score (nSPS) is 22.3. The molecule has 0 saturated carbocycles. The fourth-order valence-electron chi connectivity index (χ4n) is 3.66. The number of hydrogen-bond donors (Lipinski definition) is 2. The molecule has 0 bridgehead atoms. The topological polar surface area (TPSA) is 97.3 Å². The maximum absolute atomic E-state index is 14.8. The van der Waals surface area contributed by atoms with Gasteiger partial charge in [0.2, 0.25) is 0 Å². The van der Waals surface area contributed by atoms with E-state index in [0.717, 1.165) is 17.0 Å². The zero-order valence-electron chi connectivity index (χ0n) is 13.7. The Morgan fingerprint density at radius 1 is 1.48 bits per heavy atom. The van der Waals surface area contributed by atoms with E-state index in [0.29, 0.717) is 29.9 Å². The third-order valence-corrected chi connectivity index (χ3v) is 4.94. The van der Waals surface area contributed by atoms with Gasteiger partial charge in [0.15, 0.2) is 11.6 Å². The molecule has 4 rings (SSSR count). The van der Waals surface area contributed by atoms with Crippen LogP contribution in [0.2, 0.25) is 0 Å². The second-order valence-electron chi connectivity index (χ2n) is 6.70. The van der Waals surface area contributed by atoms with Gasteiger partial charge < -0.3 is 20.5 Å². The van der Waals surface area contributed by atoms with Crippen molar-refractivity contribution in [3.05, 3.63) is 39.6 Å². The molecule has 2 aliphatic rings. The molecule has 0 radical (unpaired) electrons. The quantitative estimate of drug-likeness (QED) is 0.846. The van der Waals surface area contributed by atoms with Crippen LogP contribution in [0.1, 0.15) is 35.2 Å². The molecule has 2 atom stereocenters. The molecule has 4 heterocycles. The molecule has 0 aliphatic carbocycles. The fraction of sp³-hybridized carbons (Fsp3) is 0.412. The van der Waals surface area contributed by atoms with Crippen molar-refractivity contribution in [1.82, 2.24) is 4.40 Å². The second-order valence-corrected chi connectivity index (χ2v) is 6.70. The smallest absolute Gasteiger partial charge is 0.341 e. The van der Waals surface area contributed by atoms with Gasteiger partial charge in [-0.25, -0.2) is 9.18 Å². The Balaban J connectivity index is 2.07. The molecule has 7 nitrogen and oxygen atoms in total. The third-order valence-electron chi connectivity index (χ3n) is 4.94. The van der Waals surface area contributed by atoms with Gasteiger partial charge in [-0.15, -0.1) is 0 Å². The van der Waals surface area contributed by atoms with Crippen molar-refractivity contribution in [2.75, 3.05) is 24.6 Å². The molecule has 3 N–H and O–H groups in total. The molecule has 2 aromatic rings. The summed E-state index contributed by atoms with van der Waals surface area (Å²) in [4.78, 5) is 25.7. The highest BCUT2D eigenvalue weighted by Gasteiger charge is 2.32. The van der Waals surface area contributed by atoms with Gasteiger partial charge in [0.25, 0.3) is 5.56 Å². The molecule has 2 aliphatic heterocycles. The van der Waals surface area contributed by atoms with Crippen LogP contribution in [0.5, 0.6) is 5.75 Å². The van der Waals surface area contributed by atoms with Crippen molar-refractivity contribution in [2.45, 2.75) is 25.3 Å². The van der Waals surface area contributed by atoms with Crippen LogP contribution >= 0.6 is 0 Å². The van der Waals surface area contributed by atoms with Crippen LogP contribution in [0.4, 0.5) is 10.1 Å². The standard InChI is InChI=1S/C17H18FN3O4/c1-8-7-25-15-13-10(8)4-11(17(23)24)16(22)21(13)6-12(18)14(15)20-3-2-9(19)5-20/h4,6,8-9H,2-3,5,7,19H2,1H3,(H,23,24)/t8-,9?/m1/s1. The van der Waals surface area contributed by atoms with Crippen LogP contribution in [0.25, 0.3) is 5.52 Å². The molecule has 1 unspecified atom stereocenters. The van der Waals surface area contributed by atoms with Crippen LogP contribution in [0.3, 0.4) is 0 Å². The van der Waals surface area contributed by atoms with E-state index >= 15 is 0 Å². The predicted molar refractivity (Wildman–Crippen MR) is 89.3 cm³/mol. The van der Waals surface area contributed by atoms with Crippen molar-refractivity contribution in [1.29, 1.82) is 0 Å². The van der Waals surface area contributed by atoms with Gasteiger partial charge in [0.1, 0.15) is 11.3 Å². The summed E-state index contributed by atoms with van der Waals surface area (Å²) >= 11 is 0. The van der Waals surface area contributed by atoms with E-state index in [1.54, 1.807) is 0 Å². The summed E-state index contributed by atoms with van der Waals surface area (Å²) in [6.45, 7) is 3.28. The number of aromatic carboxylic acids is 1. The minimum Gasteiger partial charge on any atom is -0.488 e. The van der Waals surface area contributed by atoms with Crippen molar-refractivity contribution in [3.8, 4) is 5.75 Å². The summed E-state index contributed by atoms with van der Waals surface area (Å²) < 4.78 is 21.7. The first-order chi connectivity index (χ1) is 11.9. The molecule has 25 heavy (non-hydrogen) atoms. The van der Waals surface area contributed by atoms with Crippen LogP contribution in [-0.2, 0) is 0 Å². The molecule has 2 aromatic heterocycles.